The molecule has 0 radical (unpaired) electrons. The highest BCUT2D eigenvalue weighted by atomic mass is 32.2. The van der Waals surface area contributed by atoms with E-state index < -0.39 is 0 Å². The number of likely N-dealkylation sites (tertiary alicyclic amines) is 1. The summed E-state index contributed by atoms with van der Waals surface area (Å²) in [5.41, 5.74) is 0.710. The van der Waals surface area contributed by atoms with Gasteiger partial charge in [0.05, 0.1) is 5.56 Å². The molecule has 1 aliphatic rings. The maximum absolute atomic E-state index is 12.3. The van der Waals surface area contributed by atoms with Crippen molar-refractivity contribution >= 4 is 17.7 Å². The fourth-order valence-electron chi connectivity index (χ4n) is 2.62. The van der Waals surface area contributed by atoms with Crippen molar-refractivity contribution in [1.82, 2.24) is 4.90 Å². The molecular formula is C18H27NO2S. The molecule has 1 saturated heterocycles. The van der Waals surface area contributed by atoms with Crippen LogP contribution in [0.3, 0.4) is 0 Å². The lowest BCUT2D eigenvalue weighted by molar-refractivity contribution is 0.0448. The standard InChI is InChI=1S/C18H27NO2S/c1-2-3-15-22-17-10-6-5-9-16(17)18(20)21-14-13-19-11-7-4-8-12-19/h5-6,9-10H,2-4,7-8,11-15H2,1H3. The Morgan fingerprint density at radius 1 is 1.23 bits per heavy atom. The summed E-state index contributed by atoms with van der Waals surface area (Å²) >= 11 is 1.75. The Hall–Kier alpha value is -1.00. The fourth-order valence-corrected chi connectivity index (χ4v) is 3.75. The molecule has 0 unspecified atom stereocenters. The third-order valence-electron chi connectivity index (χ3n) is 3.95. The van der Waals surface area contributed by atoms with E-state index in [0.717, 1.165) is 30.3 Å². The van der Waals surface area contributed by atoms with E-state index >= 15 is 0 Å². The molecule has 22 heavy (non-hydrogen) atoms. The van der Waals surface area contributed by atoms with E-state index in [1.54, 1.807) is 11.8 Å². The third kappa shape index (κ3) is 5.65. The zero-order chi connectivity index (χ0) is 15.6. The van der Waals surface area contributed by atoms with Gasteiger partial charge in [-0.3, -0.25) is 4.90 Å². The summed E-state index contributed by atoms with van der Waals surface area (Å²) < 4.78 is 5.48. The zero-order valence-electron chi connectivity index (χ0n) is 13.6. The molecule has 0 aromatic heterocycles. The fraction of sp³-hybridized carbons (Fsp3) is 0.611. The first-order chi connectivity index (χ1) is 10.8. The molecule has 0 spiro atoms. The Bertz CT molecular complexity index is 458. The number of ether oxygens (including phenoxy) is 1. The van der Waals surface area contributed by atoms with Crippen LogP contribution in [-0.4, -0.2) is 42.9 Å². The normalized spacial score (nSPS) is 15.7. The van der Waals surface area contributed by atoms with Gasteiger partial charge in [0.15, 0.2) is 0 Å². The number of hydrogen-bond donors (Lipinski definition) is 0. The van der Waals surface area contributed by atoms with Crippen molar-refractivity contribution in [2.24, 2.45) is 0 Å². The summed E-state index contributed by atoms with van der Waals surface area (Å²) in [6, 6.07) is 7.78. The number of unbranched alkanes of at least 4 members (excludes halogenated alkanes) is 1. The number of hydrogen-bond acceptors (Lipinski definition) is 4. The van der Waals surface area contributed by atoms with Crippen LogP contribution >= 0.6 is 11.8 Å². The van der Waals surface area contributed by atoms with Gasteiger partial charge >= 0.3 is 5.97 Å². The van der Waals surface area contributed by atoms with Gasteiger partial charge in [0.1, 0.15) is 6.61 Å². The lowest BCUT2D eigenvalue weighted by Gasteiger charge is -2.25. The molecule has 0 bridgehead atoms. The molecule has 4 heteroatoms. The highest BCUT2D eigenvalue weighted by molar-refractivity contribution is 7.99. The predicted octanol–water partition coefficient (Wildman–Crippen LogP) is 4.22. The van der Waals surface area contributed by atoms with E-state index in [1.165, 1.54) is 32.1 Å². The molecule has 1 aromatic rings. The van der Waals surface area contributed by atoms with Crippen LogP contribution < -0.4 is 0 Å². The first-order valence-corrected chi connectivity index (χ1v) is 9.41. The number of nitrogens with zero attached hydrogens (tertiary/aromatic N) is 1. The largest absolute Gasteiger partial charge is 0.461 e. The van der Waals surface area contributed by atoms with E-state index in [4.69, 9.17) is 4.74 Å². The van der Waals surface area contributed by atoms with Crippen molar-refractivity contribution in [2.75, 3.05) is 32.0 Å². The van der Waals surface area contributed by atoms with Crippen LogP contribution in [0, 0.1) is 0 Å². The monoisotopic (exact) mass is 321 g/mol. The lowest BCUT2D eigenvalue weighted by Crippen LogP contribution is -2.33. The number of piperidine rings is 1. The molecule has 0 aliphatic carbocycles. The molecule has 122 valence electrons. The number of thioether (sulfide) groups is 1. The summed E-state index contributed by atoms with van der Waals surface area (Å²) in [7, 11) is 0. The number of rotatable bonds is 8. The molecular weight excluding hydrogens is 294 g/mol. The number of esters is 1. The topological polar surface area (TPSA) is 29.5 Å². The van der Waals surface area contributed by atoms with Gasteiger partial charge in [-0.25, -0.2) is 4.79 Å². The second-order valence-corrected chi connectivity index (χ2v) is 6.87. The Kier molecular flexibility index (Phi) is 7.81. The molecule has 3 nitrogen and oxygen atoms in total. The summed E-state index contributed by atoms with van der Waals surface area (Å²) in [5.74, 6) is 0.866. The van der Waals surface area contributed by atoms with Gasteiger partial charge in [0, 0.05) is 11.4 Å². The SMILES string of the molecule is CCCCSc1ccccc1C(=O)OCCN1CCCCC1. The molecule has 0 atom stereocenters. The van der Waals surface area contributed by atoms with Crippen LogP contribution in [0.5, 0.6) is 0 Å². The predicted molar refractivity (Wildman–Crippen MR) is 92.6 cm³/mol. The molecule has 0 amide bonds. The Morgan fingerprint density at radius 3 is 2.77 bits per heavy atom. The first kappa shape index (κ1) is 17.4. The second kappa shape index (κ2) is 9.90. The number of carbonyl (C=O) groups is 1. The Morgan fingerprint density at radius 2 is 2.00 bits per heavy atom. The van der Waals surface area contributed by atoms with Crippen LogP contribution in [0.1, 0.15) is 49.4 Å². The van der Waals surface area contributed by atoms with E-state index in [1.807, 2.05) is 24.3 Å². The maximum Gasteiger partial charge on any atom is 0.339 e. The minimum Gasteiger partial charge on any atom is -0.461 e. The average Bonchev–Trinajstić information content (AvgIpc) is 2.56. The zero-order valence-corrected chi connectivity index (χ0v) is 14.4. The van der Waals surface area contributed by atoms with Crippen molar-refractivity contribution in [3.05, 3.63) is 29.8 Å². The Labute approximate surface area is 138 Å². The Balaban J connectivity index is 1.80. The minimum absolute atomic E-state index is 0.184. The van der Waals surface area contributed by atoms with Gasteiger partial charge in [0.25, 0.3) is 0 Å². The molecule has 1 fully saturated rings. The van der Waals surface area contributed by atoms with Gasteiger partial charge in [0.2, 0.25) is 0 Å². The van der Waals surface area contributed by atoms with Gasteiger partial charge in [-0.05, 0) is 50.2 Å². The van der Waals surface area contributed by atoms with E-state index in [-0.39, 0.29) is 5.97 Å². The smallest absolute Gasteiger partial charge is 0.339 e. The van der Waals surface area contributed by atoms with E-state index in [2.05, 4.69) is 11.8 Å². The highest BCUT2D eigenvalue weighted by Gasteiger charge is 2.14. The quantitative estimate of drug-likeness (QED) is 0.407. The van der Waals surface area contributed by atoms with E-state index in [0.29, 0.717) is 12.2 Å². The molecule has 1 heterocycles. The van der Waals surface area contributed by atoms with Crippen molar-refractivity contribution in [2.45, 2.75) is 43.9 Å². The highest BCUT2D eigenvalue weighted by Crippen LogP contribution is 2.24. The number of carbonyl (C=O) groups excluding carboxylic acids is 1. The summed E-state index contributed by atoms with van der Waals surface area (Å²) in [6.45, 7) is 5.81. The minimum atomic E-state index is -0.184. The van der Waals surface area contributed by atoms with Gasteiger partial charge < -0.3 is 4.74 Å². The molecule has 1 aliphatic heterocycles. The van der Waals surface area contributed by atoms with Gasteiger partial charge in [-0.15, -0.1) is 11.8 Å². The van der Waals surface area contributed by atoms with Crippen LogP contribution in [0.2, 0.25) is 0 Å². The van der Waals surface area contributed by atoms with Crippen LogP contribution in [0.4, 0.5) is 0 Å². The molecule has 1 aromatic carbocycles. The molecule has 0 saturated carbocycles. The summed E-state index contributed by atoms with van der Waals surface area (Å²) in [5, 5.41) is 0. The van der Waals surface area contributed by atoms with Gasteiger partial charge in [-0.2, -0.15) is 0 Å². The molecule has 0 N–H and O–H groups in total. The van der Waals surface area contributed by atoms with E-state index in [9.17, 15) is 4.79 Å². The molecule has 2 rings (SSSR count). The number of benzene rings is 1. The van der Waals surface area contributed by atoms with Crippen LogP contribution in [-0.2, 0) is 4.74 Å². The second-order valence-electron chi connectivity index (χ2n) is 5.74. The first-order valence-electron chi connectivity index (χ1n) is 8.42. The third-order valence-corrected chi connectivity index (χ3v) is 5.11. The van der Waals surface area contributed by atoms with Crippen molar-refractivity contribution in [1.29, 1.82) is 0 Å². The van der Waals surface area contributed by atoms with Crippen LogP contribution in [0.15, 0.2) is 29.2 Å². The summed E-state index contributed by atoms with van der Waals surface area (Å²) in [4.78, 5) is 15.7. The van der Waals surface area contributed by atoms with Crippen molar-refractivity contribution < 1.29 is 9.53 Å². The lowest BCUT2D eigenvalue weighted by atomic mass is 10.1. The average molecular weight is 321 g/mol. The van der Waals surface area contributed by atoms with Gasteiger partial charge in [-0.1, -0.05) is 31.9 Å². The summed E-state index contributed by atoms with van der Waals surface area (Å²) in [6.07, 6.45) is 6.22. The van der Waals surface area contributed by atoms with Crippen molar-refractivity contribution in [3.8, 4) is 0 Å². The van der Waals surface area contributed by atoms with Crippen LogP contribution in [0.25, 0.3) is 0 Å². The van der Waals surface area contributed by atoms with Crippen molar-refractivity contribution in [3.63, 3.8) is 0 Å². The maximum atomic E-state index is 12.3.